The minimum absolute atomic E-state index is 0.0480. The average Bonchev–Trinajstić information content (AvgIpc) is 4.16. The summed E-state index contributed by atoms with van der Waals surface area (Å²) < 4.78 is 8.06. The zero-order valence-electron chi connectivity index (χ0n) is 40.0. The van der Waals surface area contributed by atoms with Gasteiger partial charge < -0.3 is 31.5 Å². The second kappa shape index (κ2) is 25.0. The van der Waals surface area contributed by atoms with E-state index in [-0.39, 0.29) is 23.7 Å². The second-order valence-electron chi connectivity index (χ2n) is 16.3. The van der Waals surface area contributed by atoms with Gasteiger partial charge in [-0.2, -0.15) is 20.2 Å². The Labute approximate surface area is 420 Å². The lowest BCUT2D eigenvalue weighted by Crippen LogP contribution is -2.17. The highest BCUT2D eigenvalue weighted by molar-refractivity contribution is 6.28. The van der Waals surface area contributed by atoms with E-state index in [0.717, 1.165) is 60.8 Å². The number of aryl methyl sites for hydroxylation is 2. The lowest BCUT2D eigenvalue weighted by molar-refractivity contribution is -0.117. The van der Waals surface area contributed by atoms with Crippen molar-refractivity contribution < 1.29 is 19.4 Å². The second-order valence-corrected chi connectivity index (χ2v) is 16.7. The minimum Gasteiger partial charge on any atom is -0.394 e. The van der Waals surface area contributed by atoms with E-state index in [1.165, 1.54) is 5.56 Å². The van der Waals surface area contributed by atoms with Crippen molar-refractivity contribution in [2.75, 3.05) is 49.4 Å². The number of nitrogens with one attached hydrogen (secondary N) is 3. The number of aliphatic hydroxyl groups is 1. The predicted octanol–water partition coefficient (Wildman–Crippen LogP) is 7.65. The van der Waals surface area contributed by atoms with Crippen molar-refractivity contribution in [2.24, 2.45) is 5.73 Å². The molecule has 10 rings (SSSR count). The first-order valence-corrected chi connectivity index (χ1v) is 23.6. The fourth-order valence-electron chi connectivity index (χ4n) is 7.98. The van der Waals surface area contributed by atoms with Crippen LogP contribution in [0.3, 0.4) is 0 Å². The number of fused-ring (bicyclic) bond motifs is 4. The van der Waals surface area contributed by atoms with E-state index in [2.05, 4.69) is 79.3 Å². The fourth-order valence-corrected chi connectivity index (χ4v) is 8.15. The summed E-state index contributed by atoms with van der Waals surface area (Å²) in [6.07, 6.45) is 14.5. The highest BCUT2D eigenvalue weighted by atomic mass is 35.5. The fraction of sp³-hybridized carbons (Fsp3) is 0.294. The lowest BCUT2D eigenvalue weighted by Gasteiger charge is -2.12. The Balaban J connectivity index is 0.000000170. The maximum absolute atomic E-state index is 13.0. The number of methoxy groups -OCH3 is 1. The molecule has 2 aromatic carbocycles. The zero-order valence-corrected chi connectivity index (χ0v) is 40.7. The number of nitrogens with zero attached hydrogens (tertiary/aromatic N) is 12. The molecule has 0 radical (unpaired) electrons. The van der Waals surface area contributed by atoms with Crippen LogP contribution in [0.5, 0.6) is 0 Å². The van der Waals surface area contributed by atoms with Crippen molar-refractivity contribution in [2.45, 2.75) is 64.5 Å². The summed E-state index contributed by atoms with van der Waals surface area (Å²) >= 11 is 6.07. The standard InChI is InChI=1S/C24H22N8O.C17H13ClN6O.C7H10N2.C3H8O2/c1-3-11-32-14-18-21(20-17-12-16(25-2)6-7-19(17)28-23(20)33)29-24(30-22(18)31-32)27-10-8-15-5-4-9-26-13-15;1-3-6-24-8-11-14(21-17(18)22-15(11)23-24)13-10-7-9(19-2)4-5-12(10)20-16(13)25;8-4-3-7-2-1-5-9-6-7;1-5-3-2-4/h4-7,9,12-14,20H,3,8,10-11H2,1H3,(H,28,33)(H,27,30,31);4-5,7-8,13H,3,6H2,1H3,(H,20,25);1-2,5-6H,3-4,8H2;4H,2-3H2,1H3. The number of carbonyl (C=O) groups is 2. The average molecular weight is 990 g/mol. The molecule has 8 aromatic rings. The topological polar surface area (TPSA) is 247 Å². The molecule has 0 aliphatic carbocycles. The maximum atomic E-state index is 13.0. The number of halogens is 1. The normalized spacial score (nSPS) is 14.0. The van der Waals surface area contributed by atoms with Crippen LogP contribution in [-0.2, 0) is 40.3 Å². The number of hydrogen-bond donors (Lipinski definition) is 5. The van der Waals surface area contributed by atoms with Crippen LogP contribution < -0.4 is 21.7 Å². The van der Waals surface area contributed by atoms with Crippen molar-refractivity contribution in [1.29, 1.82) is 0 Å². The number of pyridine rings is 2. The van der Waals surface area contributed by atoms with Gasteiger partial charge in [0.15, 0.2) is 22.7 Å². The third-order valence-corrected chi connectivity index (χ3v) is 11.4. The van der Waals surface area contributed by atoms with Crippen LogP contribution in [0.1, 0.15) is 72.2 Å². The molecule has 2 amide bonds. The number of hydrogen-bond acceptors (Lipinski definition) is 14. The Morgan fingerprint density at radius 1 is 0.764 bits per heavy atom. The summed E-state index contributed by atoms with van der Waals surface area (Å²) in [6, 6.07) is 18.2. The first-order chi connectivity index (χ1) is 35.1. The van der Waals surface area contributed by atoms with Crippen molar-refractivity contribution in [1.82, 2.24) is 49.5 Å². The molecule has 0 saturated heterocycles. The van der Waals surface area contributed by atoms with Gasteiger partial charge in [0.2, 0.25) is 23.0 Å². The number of rotatable bonds is 14. The Morgan fingerprint density at radius 2 is 1.29 bits per heavy atom. The first-order valence-electron chi connectivity index (χ1n) is 23.2. The Hall–Kier alpha value is -8.27. The van der Waals surface area contributed by atoms with Gasteiger partial charge in [-0.1, -0.05) is 50.2 Å². The summed E-state index contributed by atoms with van der Waals surface area (Å²) in [7, 11) is 1.55. The van der Waals surface area contributed by atoms with E-state index < -0.39 is 11.8 Å². The summed E-state index contributed by atoms with van der Waals surface area (Å²) in [5, 5.41) is 27.5. The number of carbonyl (C=O) groups excluding carboxylic acids is 2. The molecular formula is C51H53ClN16O4. The van der Waals surface area contributed by atoms with Crippen LogP contribution in [0.15, 0.2) is 97.8 Å². The molecule has 368 valence electrons. The van der Waals surface area contributed by atoms with Crippen LogP contribution >= 0.6 is 11.6 Å². The third kappa shape index (κ3) is 12.5. The van der Waals surface area contributed by atoms with Gasteiger partial charge in [-0.15, -0.1) is 0 Å². The van der Waals surface area contributed by atoms with Crippen LogP contribution in [0, 0.1) is 13.1 Å². The molecule has 0 fully saturated rings. The number of benzene rings is 2. The van der Waals surface area contributed by atoms with Gasteiger partial charge in [0.1, 0.15) is 11.8 Å². The number of amides is 2. The Kier molecular flexibility index (Phi) is 17.9. The van der Waals surface area contributed by atoms with Crippen LogP contribution in [0.2, 0.25) is 5.28 Å². The van der Waals surface area contributed by atoms with E-state index in [1.54, 1.807) is 60.6 Å². The molecule has 0 saturated carbocycles. The number of aromatic nitrogens is 10. The molecule has 2 aliphatic rings. The zero-order chi connectivity index (χ0) is 51.0. The molecule has 20 nitrogen and oxygen atoms in total. The monoisotopic (exact) mass is 988 g/mol. The number of anilines is 3. The number of nitrogens with two attached hydrogens (primary N) is 1. The molecule has 2 aliphatic heterocycles. The molecule has 72 heavy (non-hydrogen) atoms. The smallest absolute Gasteiger partial charge is 0.238 e. The Morgan fingerprint density at radius 3 is 1.75 bits per heavy atom. The van der Waals surface area contributed by atoms with Crippen LogP contribution in [-0.4, -0.2) is 99.8 Å². The van der Waals surface area contributed by atoms with Gasteiger partial charge in [0.05, 0.1) is 48.5 Å². The van der Waals surface area contributed by atoms with Crippen molar-refractivity contribution in [3.8, 4) is 0 Å². The molecular weight excluding hydrogens is 936 g/mol. The van der Waals surface area contributed by atoms with E-state index in [4.69, 9.17) is 40.6 Å². The van der Waals surface area contributed by atoms with Crippen LogP contribution in [0.4, 0.5) is 28.7 Å². The van der Waals surface area contributed by atoms with Crippen molar-refractivity contribution in [3.05, 3.63) is 160 Å². The molecule has 0 spiro atoms. The van der Waals surface area contributed by atoms with E-state index in [1.807, 2.05) is 53.7 Å². The van der Waals surface area contributed by atoms with Crippen molar-refractivity contribution in [3.63, 3.8) is 0 Å². The van der Waals surface area contributed by atoms with Gasteiger partial charge in [0.25, 0.3) is 0 Å². The summed E-state index contributed by atoms with van der Waals surface area (Å²) in [6.45, 7) is 22.1. The highest BCUT2D eigenvalue weighted by Gasteiger charge is 2.37. The molecule has 2 unspecified atom stereocenters. The third-order valence-electron chi connectivity index (χ3n) is 11.2. The van der Waals surface area contributed by atoms with Gasteiger partial charge in [-0.25, -0.2) is 19.7 Å². The highest BCUT2D eigenvalue weighted by Crippen LogP contribution is 2.42. The van der Waals surface area contributed by atoms with Gasteiger partial charge in [-0.05, 0) is 90.3 Å². The molecule has 8 heterocycles. The summed E-state index contributed by atoms with van der Waals surface area (Å²) in [5.41, 5.74) is 13.6. The first kappa shape index (κ1) is 51.6. The molecule has 6 aromatic heterocycles. The van der Waals surface area contributed by atoms with Crippen LogP contribution in [0.25, 0.3) is 31.8 Å². The minimum atomic E-state index is -0.640. The maximum Gasteiger partial charge on any atom is 0.238 e. The quantitative estimate of drug-likeness (QED) is 0.0519. The summed E-state index contributed by atoms with van der Waals surface area (Å²) in [5.74, 6) is -1.22. The Bertz CT molecular complexity index is 3220. The van der Waals surface area contributed by atoms with Crippen molar-refractivity contribution >= 4 is 74.2 Å². The van der Waals surface area contributed by atoms with E-state index >= 15 is 0 Å². The number of aliphatic hydroxyl groups excluding tert-OH is 1. The number of ether oxygens (including phenoxy) is 1. The van der Waals surface area contributed by atoms with Gasteiger partial charge in [-0.3, -0.25) is 28.9 Å². The largest absolute Gasteiger partial charge is 0.394 e. The van der Waals surface area contributed by atoms with E-state index in [0.29, 0.717) is 76.5 Å². The lowest BCUT2D eigenvalue weighted by atomic mass is 9.95. The van der Waals surface area contributed by atoms with Gasteiger partial charge >= 0.3 is 0 Å². The summed E-state index contributed by atoms with van der Waals surface area (Å²) in [4.78, 5) is 58.5. The molecule has 0 bridgehead atoms. The predicted molar refractivity (Wildman–Crippen MR) is 275 cm³/mol. The SMILES string of the molecule is COCCO.NCCc1cccnc1.[C-]#[N+]c1ccc2c(c1)C(c1nc(Cl)nc3nn(CCC)cc13)C(=O)N2.[C-]#[N+]c1ccc2c(c1)C(c1nc(NCCc3cccnc3)nc3nn(CCC)cc13)C(=O)N2. The molecule has 2 atom stereocenters. The van der Waals surface area contributed by atoms with E-state index in [9.17, 15) is 9.59 Å². The molecule has 6 N–H and O–H groups in total. The van der Waals surface area contributed by atoms with Gasteiger partial charge in [0, 0.05) is 75.3 Å². The molecule has 21 heteroatoms.